The molecule has 0 bridgehead atoms. The Morgan fingerprint density at radius 2 is 1.05 bits per heavy atom. The van der Waals surface area contributed by atoms with Crippen molar-refractivity contribution < 1.29 is 8.83 Å². The fraction of sp³-hybridized carbons (Fsp3) is 0.0877. The average Bonchev–Trinajstić information content (AvgIpc) is 3.58. The summed E-state index contributed by atoms with van der Waals surface area (Å²) >= 11 is 0. The van der Waals surface area contributed by atoms with Gasteiger partial charge in [0.2, 0.25) is 0 Å². The first kappa shape index (κ1) is 34.3. The number of fused-ring (bicyclic) bond motifs is 10. The standard InChI is InChI=1S/C55H34N2O2.C2H6/c1-4-20-46-39(14-1)40-15-2-5-21-47(40)56(46)37-13-9-12-36(30-37)38-16-10-17-41-43-31-34(24-26-50(43)58-52(38)41)35-25-27-51-44(32-35)42-18-11-23-49(53(42)59-51)57-48-22-6-3-19-45(48)54-28-7-8-29-55(54,57)33-54;1-2/h1-32H,33H2;1-2H3. The van der Waals surface area contributed by atoms with Gasteiger partial charge in [0, 0.05) is 54.7 Å². The van der Waals surface area contributed by atoms with Gasteiger partial charge in [0.15, 0.2) is 5.58 Å². The number of nitrogens with zero attached hydrogens (tertiary/aromatic N) is 2. The van der Waals surface area contributed by atoms with E-state index in [2.05, 4.69) is 204 Å². The quantitative estimate of drug-likeness (QED) is 0.178. The first-order valence-electron chi connectivity index (χ1n) is 21.5. The SMILES string of the molecule is C1=CC23CC2(C=C1)N(c1cccc2c1oc1ccc(-c4ccc5oc6c(-c7cccc(-n8c9ccccc9c9ccccc98)c7)cccc6c5c4)cc12)c1ccccc13.CC. The Balaban J connectivity index is 0.00000188. The molecule has 4 nitrogen and oxygen atoms in total. The first-order chi connectivity index (χ1) is 30.2. The largest absolute Gasteiger partial charge is 0.455 e. The van der Waals surface area contributed by atoms with E-state index in [0.717, 1.165) is 83.9 Å². The zero-order valence-electron chi connectivity index (χ0n) is 33.9. The lowest BCUT2D eigenvalue weighted by Crippen LogP contribution is -2.33. The molecule has 290 valence electrons. The molecule has 3 aromatic heterocycles. The Bertz CT molecular complexity index is 3630. The van der Waals surface area contributed by atoms with Crippen LogP contribution in [0, 0.1) is 0 Å². The highest BCUT2D eigenvalue weighted by Crippen LogP contribution is 2.73. The van der Waals surface area contributed by atoms with E-state index in [-0.39, 0.29) is 11.0 Å². The Morgan fingerprint density at radius 1 is 0.459 bits per heavy atom. The van der Waals surface area contributed by atoms with E-state index in [1.807, 2.05) is 13.8 Å². The number of para-hydroxylation sites is 5. The van der Waals surface area contributed by atoms with E-state index in [4.69, 9.17) is 8.83 Å². The van der Waals surface area contributed by atoms with Gasteiger partial charge in [-0.1, -0.05) is 147 Å². The highest BCUT2D eigenvalue weighted by atomic mass is 16.3. The van der Waals surface area contributed by atoms with Crippen molar-refractivity contribution in [2.45, 2.75) is 31.2 Å². The van der Waals surface area contributed by atoms with Crippen LogP contribution in [0.1, 0.15) is 25.8 Å². The number of anilines is 2. The van der Waals surface area contributed by atoms with Crippen LogP contribution < -0.4 is 4.90 Å². The van der Waals surface area contributed by atoms with Gasteiger partial charge in [-0.2, -0.15) is 0 Å². The van der Waals surface area contributed by atoms with E-state index in [0.29, 0.717) is 0 Å². The minimum absolute atomic E-state index is 0.0217. The second-order valence-corrected chi connectivity index (χ2v) is 16.5. The summed E-state index contributed by atoms with van der Waals surface area (Å²) in [6, 6.07) is 61.3. The average molecular weight is 785 g/mol. The van der Waals surface area contributed by atoms with Gasteiger partial charge in [-0.25, -0.2) is 0 Å². The van der Waals surface area contributed by atoms with Gasteiger partial charge in [0.05, 0.1) is 22.3 Å². The fourth-order valence-electron chi connectivity index (χ4n) is 11.0. The summed E-state index contributed by atoms with van der Waals surface area (Å²) in [6.45, 7) is 4.00. The molecule has 4 heteroatoms. The molecule has 1 aliphatic heterocycles. The molecule has 0 spiro atoms. The van der Waals surface area contributed by atoms with Gasteiger partial charge in [-0.3, -0.25) is 0 Å². The fourth-order valence-corrected chi connectivity index (χ4v) is 11.0. The molecule has 0 saturated heterocycles. The van der Waals surface area contributed by atoms with Crippen LogP contribution in [-0.4, -0.2) is 10.1 Å². The van der Waals surface area contributed by atoms with Crippen LogP contribution >= 0.6 is 0 Å². The molecule has 1 saturated carbocycles. The Morgan fingerprint density at radius 3 is 1.80 bits per heavy atom. The van der Waals surface area contributed by atoms with Gasteiger partial charge in [-0.15, -0.1) is 0 Å². The minimum Gasteiger partial charge on any atom is -0.455 e. The van der Waals surface area contributed by atoms with Crippen molar-refractivity contribution in [1.82, 2.24) is 4.57 Å². The topological polar surface area (TPSA) is 34.5 Å². The second-order valence-electron chi connectivity index (χ2n) is 16.5. The summed E-state index contributed by atoms with van der Waals surface area (Å²) in [6.07, 6.45) is 10.3. The summed E-state index contributed by atoms with van der Waals surface area (Å²) in [4.78, 5) is 2.54. The van der Waals surface area contributed by atoms with Crippen molar-refractivity contribution in [3.8, 4) is 27.9 Å². The molecule has 61 heavy (non-hydrogen) atoms. The van der Waals surface area contributed by atoms with E-state index in [1.54, 1.807) is 0 Å². The summed E-state index contributed by atoms with van der Waals surface area (Å²) in [5.41, 5.74) is 15.3. The van der Waals surface area contributed by atoms with Crippen molar-refractivity contribution in [3.05, 3.63) is 200 Å². The van der Waals surface area contributed by atoms with Crippen molar-refractivity contribution in [2.75, 3.05) is 4.90 Å². The lowest BCUT2D eigenvalue weighted by molar-refractivity contribution is 0.662. The molecular formula is C57H40N2O2. The first-order valence-corrected chi connectivity index (χ1v) is 21.5. The maximum atomic E-state index is 6.79. The third-order valence-electron chi connectivity index (χ3n) is 13.6. The molecule has 14 rings (SSSR count). The molecule has 2 atom stereocenters. The van der Waals surface area contributed by atoms with Crippen LogP contribution in [0.25, 0.3) is 93.6 Å². The van der Waals surface area contributed by atoms with E-state index in [1.165, 1.54) is 33.1 Å². The van der Waals surface area contributed by atoms with Gasteiger partial charge in [0.25, 0.3) is 0 Å². The van der Waals surface area contributed by atoms with Gasteiger partial charge in [-0.05, 0) is 89.3 Å². The van der Waals surface area contributed by atoms with Crippen LogP contribution in [0.2, 0.25) is 0 Å². The predicted molar refractivity (Wildman–Crippen MR) is 253 cm³/mol. The lowest BCUT2D eigenvalue weighted by atomic mass is 9.90. The number of rotatable bonds is 4. The third-order valence-corrected chi connectivity index (χ3v) is 13.6. The molecule has 8 aromatic carbocycles. The summed E-state index contributed by atoms with van der Waals surface area (Å²) in [7, 11) is 0. The van der Waals surface area contributed by atoms with E-state index < -0.39 is 0 Å². The zero-order valence-corrected chi connectivity index (χ0v) is 33.9. The van der Waals surface area contributed by atoms with Crippen LogP contribution in [0.4, 0.5) is 11.4 Å². The molecule has 1 fully saturated rings. The number of hydrogen-bond acceptors (Lipinski definition) is 3. The summed E-state index contributed by atoms with van der Waals surface area (Å²) < 4.78 is 15.9. The molecule has 3 aliphatic rings. The van der Waals surface area contributed by atoms with Crippen LogP contribution in [0.15, 0.2) is 203 Å². The number of aromatic nitrogens is 1. The molecule has 0 amide bonds. The molecule has 11 aromatic rings. The number of benzene rings is 8. The van der Waals surface area contributed by atoms with Crippen LogP contribution in [-0.2, 0) is 5.41 Å². The molecular weight excluding hydrogens is 745 g/mol. The monoisotopic (exact) mass is 784 g/mol. The van der Waals surface area contributed by atoms with Gasteiger partial charge in [0.1, 0.15) is 16.7 Å². The van der Waals surface area contributed by atoms with Crippen molar-refractivity contribution >= 4 is 77.1 Å². The Labute approximate surface area is 352 Å². The normalized spacial score (nSPS) is 18.6. The summed E-state index contributed by atoms with van der Waals surface area (Å²) in [5.74, 6) is 0. The van der Waals surface area contributed by atoms with Gasteiger partial charge >= 0.3 is 0 Å². The van der Waals surface area contributed by atoms with E-state index >= 15 is 0 Å². The smallest absolute Gasteiger partial charge is 0.159 e. The Kier molecular flexibility index (Phi) is 7.02. The summed E-state index contributed by atoms with van der Waals surface area (Å²) in [5, 5.41) is 6.97. The molecule has 2 unspecified atom stereocenters. The van der Waals surface area contributed by atoms with Gasteiger partial charge < -0.3 is 18.3 Å². The van der Waals surface area contributed by atoms with Crippen LogP contribution in [0.5, 0.6) is 0 Å². The second kappa shape index (κ2) is 12.5. The predicted octanol–water partition coefficient (Wildman–Crippen LogP) is 15.6. The third kappa shape index (κ3) is 4.54. The van der Waals surface area contributed by atoms with Crippen molar-refractivity contribution in [3.63, 3.8) is 0 Å². The lowest BCUT2D eigenvalue weighted by Gasteiger charge is -2.30. The minimum atomic E-state index is -0.0956. The molecule has 0 N–H and O–H groups in total. The maximum Gasteiger partial charge on any atom is 0.159 e. The Hall–Kier alpha value is -7.56. The van der Waals surface area contributed by atoms with Crippen molar-refractivity contribution in [1.29, 1.82) is 0 Å². The molecule has 2 aliphatic carbocycles. The molecule has 0 radical (unpaired) electrons. The van der Waals surface area contributed by atoms with Crippen LogP contribution in [0.3, 0.4) is 0 Å². The number of allylic oxidation sites excluding steroid dienone is 2. The highest BCUT2D eigenvalue weighted by molar-refractivity contribution is 6.14. The highest BCUT2D eigenvalue weighted by Gasteiger charge is 2.74. The number of hydrogen-bond donors (Lipinski definition) is 0. The zero-order chi connectivity index (χ0) is 40.5. The van der Waals surface area contributed by atoms with E-state index in [9.17, 15) is 0 Å². The molecule has 4 heterocycles. The maximum absolute atomic E-state index is 6.79. The number of furan rings is 2. The van der Waals surface area contributed by atoms with Crippen molar-refractivity contribution in [2.24, 2.45) is 0 Å².